The highest BCUT2D eigenvalue weighted by Gasteiger charge is 2.35. The van der Waals surface area contributed by atoms with Gasteiger partial charge in [-0.05, 0) is 43.3 Å². The molecule has 24 heavy (non-hydrogen) atoms. The number of carbonyl (C=O) groups excluding carboxylic acids is 2. The van der Waals surface area contributed by atoms with Gasteiger partial charge in [0.15, 0.2) is 0 Å². The first-order valence-electron chi connectivity index (χ1n) is 8.99. The van der Waals surface area contributed by atoms with Crippen LogP contribution in [-0.2, 0) is 9.59 Å². The van der Waals surface area contributed by atoms with Crippen LogP contribution in [0.3, 0.4) is 0 Å². The van der Waals surface area contributed by atoms with Crippen molar-refractivity contribution in [3.63, 3.8) is 0 Å². The smallest absolute Gasteiger partial charge is 0.247 e. The Hall–Kier alpha value is -1.88. The van der Waals surface area contributed by atoms with E-state index in [4.69, 9.17) is 0 Å². The Labute approximate surface area is 143 Å². The Morgan fingerprint density at radius 2 is 2.08 bits per heavy atom. The van der Waals surface area contributed by atoms with E-state index in [-0.39, 0.29) is 11.8 Å². The Morgan fingerprint density at radius 3 is 2.79 bits per heavy atom. The maximum atomic E-state index is 12.9. The van der Waals surface area contributed by atoms with E-state index in [0.717, 1.165) is 18.7 Å². The third kappa shape index (κ3) is 3.78. The van der Waals surface area contributed by atoms with Crippen LogP contribution in [-0.4, -0.2) is 42.9 Å². The first-order valence-corrected chi connectivity index (χ1v) is 8.99. The molecule has 0 aliphatic carbocycles. The number of hydrogen-bond donors (Lipinski definition) is 2. The van der Waals surface area contributed by atoms with E-state index in [1.807, 2.05) is 30.3 Å². The summed E-state index contributed by atoms with van der Waals surface area (Å²) in [4.78, 5) is 27.1. The molecule has 1 aromatic rings. The molecule has 3 unspecified atom stereocenters. The lowest BCUT2D eigenvalue weighted by molar-refractivity contribution is -0.144. The molecule has 3 atom stereocenters. The average molecular weight is 329 g/mol. The minimum absolute atomic E-state index is 0.0761. The van der Waals surface area contributed by atoms with Gasteiger partial charge in [0.05, 0.1) is 0 Å². The third-order valence-electron chi connectivity index (χ3n) is 5.28. The van der Waals surface area contributed by atoms with Gasteiger partial charge in [-0.2, -0.15) is 0 Å². The summed E-state index contributed by atoms with van der Waals surface area (Å²) in [7, 11) is 0. The second-order valence-corrected chi connectivity index (χ2v) is 6.98. The molecule has 0 saturated carbocycles. The molecular formula is C19H27N3O2. The molecule has 2 aliphatic rings. The molecule has 1 aromatic carbocycles. The molecule has 130 valence electrons. The fourth-order valence-corrected chi connectivity index (χ4v) is 3.83. The molecule has 3 rings (SSSR count). The molecular weight excluding hydrogens is 302 g/mol. The predicted octanol–water partition coefficient (Wildman–Crippen LogP) is 1.71. The van der Waals surface area contributed by atoms with Crippen molar-refractivity contribution < 1.29 is 9.59 Å². The number of amides is 2. The van der Waals surface area contributed by atoms with E-state index >= 15 is 0 Å². The van der Waals surface area contributed by atoms with Gasteiger partial charge in [0.1, 0.15) is 6.04 Å². The lowest BCUT2D eigenvalue weighted by atomic mass is 9.85. The molecule has 2 amide bonds. The lowest BCUT2D eigenvalue weighted by Gasteiger charge is -2.37. The second-order valence-electron chi connectivity index (χ2n) is 6.98. The van der Waals surface area contributed by atoms with Crippen molar-refractivity contribution >= 4 is 11.8 Å². The summed E-state index contributed by atoms with van der Waals surface area (Å²) in [6.45, 7) is 5.36. The Bertz CT molecular complexity index is 569. The molecule has 2 aliphatic heterocycles. The maximum Gasteiger partial charge on any atom is 0.247 e. The third-order valence-corrected chi connectivity index (χ3v) is 5.28. The average Bonchev–Trinajstić information content (AvgIpc) is 2.63. The van der Waals surface area contributed by atoms with Gasteiger partial charge in [-0.3, -0.25) is 9.59 Å². The van der Waals surface area contributed by atoms with E-state index in [0.29, 0.717) is 31.3 Å². The standard InChI is InChI=1S/C19H27N3O2/c1-14(16-8-5-9-20-13-16)12-17(23)22-11-10-21-19(24)18(22)15-6-3-2-4-7-15/h2-4,6-7,14,16,18,20H,5,8-13H2,1H3,(H,21,24). The number of piperazine rings is 1. The summed E-state index contributed by atoms with van der Waals surface area (Å²) in [5.41, 5.74) is 0.884. The predicted molar refractivity (Wildman–Crippen MR) is 93.3 cm³/mol. The van der Waals surface area contributed by atoms with Crippen molar-refractivity contribution in [2.24, 2.45) is 11.8 Å². The molecule has 2 saturated heterocycles. The van der Waals surface area contributed by atoms with Crippen molar-refractivity contribution in [2.75, 3.05) is 26.2 Å². The fourth-order valence-electron chi connectivity index (χ4n) is 3.83. The molecule has 0 spiro atoms. The van der Waals surface area contributed by atoms with Crippen molar-refractivity contribution in [2.45, 2.75) is 32.2 Å². The minimum Gasteiger partial charge on any atom is -0.352 e. The summed E-state index contributed by atoms with van der Waals surface area (Å²) in [5.74, 6) is 0.910. The Kier molecular flexibility index (Phi) is 5.51. The molecule has 0 radical (unpaired) electrons. The highest BCUT2D eigenvalue weighted by Crippen LogP contribution is 2.27. The SMILES string of the molecule is CC(CC(=O)N1CCNC(=O)C1c1ccccc1)C1CCCNC1. The first-order chi connectivity index (χ1) is 11.7. The van der Waals surface area contributed by atoms with E-state index in [9.17, 15) is 9.59 Å². The van der Waals surface area contributed by atoms with Crippen molar-refractivity contribution in [3.8, 4) is 0 Å². The summed E-state index contributed by atoms with van der Waals surface area (Å²) in [6, 6.07) is 9.10. The van der Waals surface area contributed by atoms with Gasteiger partial charge in [-0.25, -0.2) is 0 Å². The van der Waals surface area contributed by atoms with E-state index < -0.39 is 6.04 Å². The van der Waals surface area contributed by atoms with Crippen LogP contribution in [0.2, 0.25) is 0 Å². The van der Waals surface area contributed by atoms with Gasteiger partial charge in [0.2, 0.25) is 11.8 Å². The quantitative estimate of drug-likeness (QED) is 0.884. The van der Waals surface area contributed by atoms with Crippen LogP contribution < -0.4 is 10.6 Å². The number of piperidine rings is 1. The number of benzene rings is 1. The Morgan fingerprint density at radius 1 is 1.29 bits per heavy atom. The number of nitrogens with one attached hydrogen (secondary N) is 2. The summed E-state index contributed by atoms with van der Waals surface area (Å²) in [5, 5.41) is 6.31. The zero-order valence-electron chi connectivity index (χ0n) is 14.3. The summed E-state index contributed by atoms with van der Waals surface area (Å²) < 4.78 is 0. The van der Waals surface area contributed by atoms with Crippen LogP contribution in [0, 0.1) is 11.8 Å². The number of hydrogen-bond acceptors (Lipinski definition) is 3. The second kappa shape index (κ2) is 7.79. The molecule has 2 fully saturated rings. The van der Waals surface area contributed by atoms with Gasteiger partial charge in [0.25, 0.3) is 0 Å². The molecule has 5 nitrogen and oxygen atoms in total. The molecule has 5 heteroatoms. The lowest BCUT2D eigenvalue weighted by Crippen LogP contribution is -2.52. The zero-order valence-corrected chi connectivity index (χ0v) is 14.3. The van der Waals surface area contributed by atoms with Crippen molar-refractivity contribution in [1.29, 1.82) is 0 Å². The highest BCUT2D eigenvalue weighted by atomic mass is 16.2. The van der Waals surface area contributed by atoms with Gasteiger partial charge >= 0.3 is 0 Å². The minimum atomic E-state index is -0.496. The van der Waals surface area contributed by atoms with Crippen molar-refractivity contribution in [1.82, 2.24) is 15.5 Å². The number of nitrogens with zero attached hydrogens (tertiary/aromatic N) is 1. The molecule has 0 aromatic heterocycles. The van der Waals surface area contributed by atoms with Crippen LogP contribution in [0.4, 0.5) is 0 Å². The van der Waals surface area contributed by atoms with Crippen LogP contribution in [0.25, 0.3) is 0 Å². The molecule has 2 heterocycles. The normalized spacial score (nSPS) is 25.9. The Balaban J connectivity index is 1.70. The van der Waals surface area contributed by atoms with Gasteiger partial charge < -0.3 is 15.5 Å². The van der Waals surface area contributed by atoms with E-state index in [2.05, 4.69) is 17.6 Å². The fraction of sp³-hybridized carbons (Fsp3) is 0.579. The number of rotatable bonds is 4. The monoisotopic (exact) mass is 329 g/mol. The van der Waals surface area contributed by atoms with Crippen LogP contribution >= 0.6 is 0 Å². The number of carbonyl (C=O) groups is 2. The summed E-state index contributed by atoms with van der Waals surface area (Å²) >= 11 is 0. The van der Waals surface area contributed by atoms with E-state index in [1.165, 1.54) is 12.8 Å². The van der Waals surface area contributed by atoms with Crippen LogP contribution in [0.5, 0.6) is 0 Å². The first kappa shape index (κ1) is 17.0. The van der Waals surface area contributed by atoms with E-state index in [1.54, 1.807) is 4.90 Å². The van der Waals surface area contributed by atoms with Crippen molar-refractivity contribution in [3.05, 3.63) is 35.9 Å². The molecule has 0 bridgehead atoms. The maximum absolute atomic E-state index is 12.9. The summed E-state index contributed by atoms with van der Waals surface area (Å²) in [6.07, 6.45) is 2.88. The van der Waals surface area contributed by atoms with Gasteiger partial charge in [-0.15, -0.1) is 0 Å². The largest absolute Gasteiger partial charge is 0.352 e. The zero-order chi connectivity index (χ0) is 16.9. The van der Waals surface area contributed by atoms with Crippen LogP contribution in [0.15, 0.2) is 30.3 Å². The van der Waals surface area contributed by atoms with Gasteiger partial charge in [0, 0.05) is 19.5 Å². The molecule has 2 N–H and O–H groups in total. The highest BCUT2D eigenvalue weighted by molar-refractivity contribution is 5.89. The topological polar surface area (TPSA) is 61.4 Å². The van der Waals surface area contributed by atoms with Gasteiger partial charge in [-0.1, -0.05) is 37.3 Å². The van der Waals surface area contributed by atoms with Crippen LogP contribution in [0.1, 0.15) is 37.8 Å².